The lowest BCUT2D eigenvalue weighted by Crippen LogP contribution is -2.24. The van der Waals surface area contributed by atoms with Crippen LogP contribution in [0, 0.1) is 6.92 Å². The molecule has 0 unspecified atom stereocenters. The van der Waals surface area contributed by atoms with Crippen molar-refractivity contribution in [2.45, 2.75) is 13.3 Å². The number of rotatable bonds is 0. The Labute approximate surface area is 77.1 Å². The molecule has 0 saturated heterocycles. The highest BCUT2D eigenvalue weighted by atomic mass is 32.2. The third-order valence-electron chi connectivity index (χ3n) is 2.00. The quantitative estimate of drug-likeness (QED) is 0.667. The molecule has 0 atom stereocenters. The van der Waals surface area contributed by atoms with Gasteiger partial charge in [0.25, 0.3) is 0 Å². The molecule has 0 radical (unpaired) electrons. The molecule has 70 valence electrons. The van der Waals surface area contributed by atoms with Gasteiger partial charge in [0.1, 0.15) is 5.82 Å². The molecule has 0 aromatic carbocycles. The van der Waals surface area contributed by atoms with Crippen molar-refractivity contribution in [2.24, 2.45) is 0 Å². The van der Waals surface area contributed by atoms with Crippen LogP contribution in [0.4, 0.5) is 5.82 Å². The minimum Gasteiger partial charge on any atom is -0.267 e. The molecule has 2 rings (SSSR count). The van der Waals surface area contributed by atoms with Gasteiger partial charge in [-0.25, -0.2) is 13.4 Å². The summed E-state index contributed by atoms with van der Waals surface area (Å²) in [6.45, 7) is 1.94. The van der Waals surface area contributed by atoms with Gasteiger partial charge in [-0.3, -0.25) is 4.72 Å². The van der Waals surface area contributed by atoms with Crippen LogP contribution in [0.3, 0.4) is 0 Å². The molecule has 0 fully saturated rings. The number of sulfonamides is 1. The van der Waals surface area contributed by atoms with Crippen LogP contribution >= 0.6 is 0 Å². The third kappa shape index (κ3) is 1.65. The standard InChI is InChI=1S/C8H10N2O2S/c1-6-4-7-2-3-13(11,12)10-8(7)9-5-6/h4-5H,2-3H2,1H3,(H,9,10). The predicted molar refractivity (Wildman–Crippen MR) is 50.1 cm³/mol. The van der Waals surface area contributed by atoms with Crippen LogP contribution in [0.1, 0.15) is 11.1 Å². The Morgan fingerprint density at radius 2 is 2.31 bits per heavy atom. The number of aryl methyl sites for hydroxylation is 2. The van der Waals surface area contributed by atoms with Gasteiger partial charge in [-0.15, -0.1) is 0 Å². The SMILES string of the molecule is Cc1cnc2c(c1)CCS(=O)(=O)N2. The third-order valence-corrected chi connectivity index (χ3v) is 3.24. The maximum atomic E-state index is 11.1. The lowest BCUT2D eigenvalue weighted by molar-refractivity contribution is 0.598. The second-order valence-corrected chi connectivity index (χ2v) is 5.03. The smallest absolute Gasteiger partial charge is 0.234 e. The van der Waals surface area contributed by atoms with Crippen molar-refractivity contribution in [3.05, 3.63) is 23.4 Å². The van der Waals surface area contributed by atoms with Gasteiger partial charge in [0.2, 0.25) is 10.0 Å². The maximum Gasteiger partial charge on any atom is 0.234 e. The number of anilines is 1. The molecule has 0 bridgehead atoms. The van der Waals surface area contributed by atoms with E-state index < -0.39 is 10.0 Å². The van der Waals surface area contributed by atoms with Crippen molar-refractivity contribution in [3.63, 3.8) is 0 Å². The molecule has 4 nitrogen and oxygen atoms in total. The molecule has 0 spiro atoms. The van der Waals surface area contributed by atoms with Crippen molar-refractivity contribution in [3.8, 4) is 0 Å². The van der Waals surface area contributed by atoms with E-state index in [2.05, 4.69) is 9.71 Å². The van der Waals surface area contributed by atoms with Crippen LogP contribution in [0.25, 0.3) is 0 Å². The number of nitrogens with one attached hydrogen (secondary N) is 1. The molecule has 1 aromatic rings. The Balaban J connectivity index is 2.48. The summed E-state index contributed by atoms with van der Waals surface area (Å²) in [6.07, 6.45) is 2.21. The van der Waals surface area contributed by atoms with Crippen molar-refractivity contribution < 1.29 is 8.42 Å². The van der Waals surface area contributed by atoms with E-state index in [1.807, 2.05) is 13.0 Å². The van der Waals surface area contributed by atoms with Crippen molar-refractivity contribution >= 4 is 15.8 Å². The summed E-state index contributed by atoms with van der Waals surface area (Å²) in [5.74, 6) is 0.641. The van der Waals surface area contributed by atoms with Crippen LogP contribution in [0.2, 0.25) is 0 Å². The van der Waals surface area contributed by atoms with Crippen molar-refractivity contribution in [2.75, 3.05) is 10.5 Å². The van der Waals surface area contributed by atoms with E-state index in [9.17, 15) is 8.42 Å². The van der Waals surface area contributed by atoms with Gasteiger partial charge in [0.15, 0.2) is 0 Å². The monoisotopic (exact) mass is 198 g/mol. The molecule has 0 saturated carbocycles. The van der Waals surface area contributed by atoms with Crippen LogP contribution in [-0.4, -0.2) is 19.2 Å². The van der Waals surface area contributed by atoms with Crippen LogP contribution in [0.15, 0.2) is 12.3 Å². The van der Waals surface area contributed by atoms with Crippen LogP contribution in [-0.2, 0) is 16.4 Å². The van der Waals surface area contributed by atoms with E-state index in [1.54, 1.807) is 6.20 Å². The summed E-state index contributed by atoms with van der Waals surface area (Å²) in [4.78, 5) is 4.02. The molecule has 0 amide bonds. The number of nitrogens with zero attached hydrogens (tertiary/aromatic N) is 1. The summed E-state index contributed by atoms with van der Waals surface area (Å²) >= 11 is 0. The number of hydrogen-bond donors (Lipinski definition) is 1. The second kappa shape index (κ2) is 2.70. The number of fused-ring (bicyclic) bond motifs is 1. The zero-order valence-electron chi connectivity index (χ0n) is 7.24. The molecule has 1 aliphatic heterocycles. The Hall–Kier alpha value is -1.10. The maximum absolute atomic E-state index is 11.1. The Kier molecular flexibility index (Phi) is 1.76. The van der Waals surface area contributed by atoms with E-state index in [0.29, 0.717) is 12.2 Å². The van der Waals surface area contributed by atoms with Gasteiger partial charge in [0.05, 0.1) is 5.75 Å². The van der Waals surface area contributed by atoms with Gasteiger partial charge in [-0.05, 0) is 24.5 Å². The molecule has 5 heteroatoms. The minimum absolute atomic E-state index is 0.158. The lowest BCUT2D eigenvalue weighted by Gasteiger charge is -2.16. The molecule has 2 heterocycles. The highest BCUT2D eigenvalue weighted by Gasteiger charge is 2.20. The van der Waals surface area contributed by atoms with Crippen molar-refractivity contribution in [1.29, 1.82) is 0 Å². The molecular weight excluding hydrogens is 188 g/mol. The summed E-state index contributed by atoms with van der Waals surface area (Å²) in [5, 5.41) is 0. The van der Waals surface area contributed by atoms with Gasteiger partial charge >= 0.3 is 0 Å². The Bertz CT molecular complexity index is 439. The number of aromatic nitrogens is 1. The molecule has 1 aliphatic rings. The summed E-state index contributed by atoms with van der Waals surface area (Å²) in [5.41, 5.74) is 2.04. The van der Waals surface area contributed by atoms with E-state index in [0.717, 1.165) is 11.1 Å². The summed E-state index contributed by atoms with van der Waals surface area (Å²) in [7, 11) is -3.12. The van der Waals surface area contributed by atoms with E-state index in [-0.39, 0.29) is 5.75 Å². The van der Waals surface area contributed by atoms with Gasteiger partial charge in [-0.2, -0.15) is 0 Å². The van der Waals surface area contributed by atoms with E-state index in [1.165, 1.54) is 0 Å². The lowest BCUT2D eigenvalue weighted by atomic mass is 10.1. The summed E-state index contributed by atoms with van der Waals surface area (Å²) in [6, 6.07) is 1.96. The van der Waals surface area contributed by atoms with Crippen LogP contribution < -0.4 is 4.72 Å². The second-order valence-electron chi connectivity index (χ2n) is 3.19. The van der Waals surface area contributed by atoms with E-state index in [4.69, 9.17) is 0 Å². The van der Waals surface area contributed by atoms with Gasteiger partial charge in [-0.1, -0.05) is 6.07 Å². The minimum atomic E-state index is -3.12. The fraction of sp³-hybridized carbons (Fsp3) is 0.375. The molecular formula is C8H10N2O2S. The average Bonchev–Trinajstić information content (AvgIpc) is 2.05. The number of hydrogen-bond acceptors (Lipinski definition) is 3. The van der Waals surface area contributed by atoms with E-state index >= 15 is 0 Å². The Morgan fingerprint density at radius 1 is 1.54 bits per heavy atom. The first-order valence-electron chi connectivity index (χ1n) is 4.03. The topological polar surface area (TPSA) is 59.1 Å². The average molecular weight is 198 g/mol. The first kappa shape index (κ1) is 8.50. The fourth-order valence-electron chi connectivity index (χ4n) is 1.35. The zero-order valence-corrected chi connectivity index (χ0v) is 8.06. The predicted octanol–water partition coefficient (Wildman–Crippen LogP) is 0.688. The molecule has 1 N–H and O–H groups in total. The molecule has 1 aromatic heterocycles. The fourth-order valence-corrected chi connectivity index (χ4v) is 2.42. The van der Waals surface area contributed by atoms with Gasteiger partial charge in [0, 0.05) is 6.20 Å². The highest BCUT2D eigenvalue weighted by Crippen LogP contribution is 2.20. The highest BCUT2D eigenvalue weighted by molar-refractivity contribution is 7.92. The zero-order chi connectivity index (χ0) is 9.47. The normalized spacial score (nSPS) is 18.8. The largest absolute Gasteiger partial charge is 0.267 e. The summed E-state index contributed by atoms with van der Waals surface area (Å²) < 4.78 is 24.7. The number of pyridine rings is 1. The molecule has 0 aliphatic carbocycles. The first-order valence-corrected chi connectivity index (χ1v) is 5.68. The van der Waals surface area contributed by atoms with Crippen LogP contribution in [0.5, 0.6) is 0 Å². The van der Waals surface area contributed by atoms with Gasteiger partial charge < -0.3 is 0 Å². The Morgan fingerprint density at radius 3 is 3.08 bits per heavy atom. The first-order chi connectivity index (χ1) is 6.07. The molecule has 13 heavy (non-hydrogen) atoms. The van der Waals surface area contributed by atoms with Crippen molar-refractivity contribution in [1.82, 2.24) is 4.98 Å².